The van der Waals surface area contributed by atoms with Gasteiger partial charge in [-0.25, -0.2) is 0 Å². The highest BCUT2D eigenvalue weighted by Crippen LogP contribution is 2.28. The van der Waals surface area contributed by atoms with E-state index in [4.69, 9.17) is 0 Å². The smallest absolute Gasteiger partial charge is 0.0412 e. The number of unbranched alkanes of at least 4 members (excludes halogenated alkanes) is 11. The zero-order chi connectivity index (χ0) is 18.0. The molecule has 0 radical (unpaired) electrons. The quantitative estimate of drug-likeness (QED) is 0.218. The molecule has 0 rings (SSSR count). The van der Waals surface area contributed by atoms with Crippen LogP contribution in [0.15, 0.2) is 0 Å². The van der Waals surface area contributed by atoms with Crippen molar-refractivity contribution < 1.29 is 0 Å². The summed E-state index contributed by atoms with van der Waals surface area (Å²) >= 11 is 0. The summed E-state index contributed by atoms with van der Waals surface area (Å²) in [6.07, 6.45) is 23.3. The van der Waals surface area contributed by atoms with E-state index in [9.17, 15) is 0 Å². The van der Waals surface area contributed by atoms with Crippen LogP contribution in [0.3, 0.4) is 0 Å². The highest BCUT2D eigenvalue weighted by molar-refractivity contribution is 4.67. The summed E-state index contributed by atoms with van der Waals surface area (Å²) in [5.74, 6) is 2.76. The van der Waals surface area contributed by atoms with E-state index in [-0.39, 0.29) is 0 Å². The van der Waals surface area contributed by atoms with Gasteiger partial charge in [0, 0.05) is 0 Å². The molecule has 0 fully saturated rings. The number of hydrogen-bond acceptors (Lipinski definition) is 0. The molecule has 0 heterocycles. The van der Waals surface area contributed by atoms with Crippen molar-refractivity contribution in [2.24, 2.45) is 17.8 Å². The molecule has 0 aliphatic rings. The second kappa shape index (κ2) is 17.8. The van der Waals surface area contributed by atoms with Crippen LogP contribution in [0.5, 0.6) is 0 Å². The highest BCUT2D eigenvalue weighted by atomic mass is 14.2. The van der Waals surface area contributed by atoms with E-state index >= 15 is 0 Å². The number of rotatable bonds is 18. The molecule has 0 aromatic carbocycles. The van der Waals surface area contributed by atoms with Crippen molar-refractivity contribution in [1.29, 1.82) is 0 Å². The normalized spacial score (nSPS) is 14.2. The van der Waals surface area contributed by atoms with E-state index in [1.165, 1.54) is 103 Å². The van der Waals surface area contributed by atoms with Gasteiger partial charge in [0.1, 0.15) is 0 Å². The Morgan fingerprint density at radius 2 is 0.875 bits per heavy atom. The van der Waals surface area contributed by atoms with Gasteiger partial charge < -0.3 is 0 Å². The third kappa shape index (κ3) is 15.5. The highest BCUT2D eigenvalue weighted by Gasteiger charge is 2.15. The van der Waals surface area contributed by atoms with Crippen LogP contribution in [0.2, 0.25) is 0 Å². The molecule has 0 amide bonds. The molecular weight excluding hydrogens is 288 g/mol. The molecule has 0 spiro atoms. The molecule has 2 atom stereocenters. The van der Waals surface area contributed by atoms with Gasteiger partial charge in [-0.3, -0.25) is 0 Å². The molecule has 0 aliphatic carbocycles. The lowest BCUT2D eigenvalue weighted by Gasteiger charge is -2.23. The molecule has 0 bridgehead atoms. The Balaban J connectivity index is 3.87. The lowest BCUT2D eigenvalue weighted by Crippen LogP contribution is -2.12. The van der Waals surface area contributed by atoms with Crippen molar-refractivity contribution in [2.45, 2.75) is 137 Å². The topological polar surface area (TPSA) is 0 Å². The van der Waals surface area contributed by atoms with Gasteiger partial charge in [0.25, 0.3) is 0 Å². The molecule has 0 saturated carbocycles. The van der Waals surface area contributed by atoms with Crippen LogP contribution in [-0.2, 0) is 0 Å². The average Bonchev–Trinajstić information content (AvgIpc) is 2.56. The van der Waals surface area contributed by atoms with Gasteiger partial charge in [-0.05, 0) is 24.2 Å². The first-order chi connectivity index (χ1) is 11.6. The Morgan fingerprint density at radius 3 is 1.25 bits per heavy atom. The molecule has 0 aliphatic heterocycles. The van der Waals surface area contributed by atoms with Crippen LogP contribution in [0.25, 0.3) is 0 Å². The van der Waals surface area contributed by atoms with Crippen molar-refractivity contribution >= 4 is 0 Å². The summed E-state index contributed by atoms with van der Waals surface area (Å²) in [6, 6.07) is 0. The second-order valence-corrected chi connectivity index (χ2v) is 8.79. The molecule has 0 aromatic rings. The Bertz CT molecular complexity index is 230. The first kappa shape index (κ1) is 24.0. The fourth-order valence-corrected chi connectivity index (χ4v) is 3.78. The van der Waals surface area contributed by atoms with Crippen LogP contribution in [-0.4, -0.2) is 0 Å². The van der Waals surface area contributed by atoms with Crippen LogP contribution in [0.4, 0.5) is 0 Å². The molecule has 0 nitrogen and oxygen atoms in total. The van der Waals surface area contributed by atoms with E-state index in [2.05, 4.69) is 34.6 Å². The van der Waals surface area contributed by atoms with Gasteiger partial charge in [-0.1, -0.05) is 131 Å². The molecule has 146 valence electrons. The third-order valence-electron chi connectivity index (χ3n) is 6.03. The van der Waals surface area contributed by atoms with Crippen molar-refractivity contribution in [1.82, 2.24) is 0 Å². The first-order valence-electron chi connectivity index (χ1n) is 11.6. The molecular formula is C24H50. The van der Waals surface area contributed by atoms with Crippen LogP contribution in [0, 0.1) is 17.8 Å². The van der Waals surface area contributed by atoms with E-state index in [1.54, 1.807) is 0 Å². The second-order valence-electron chi connectivity index (χ2n) is 8.79. The summed E-state index contributed by atoms with van der Waals surface area (Å²) in [4.78, 5) is 0. The Morgan fingerprint density at radius 1 is 0.500 bits per heavy atom. The van der Waals surface area contributed by atoms with E-state index in [1.807, 2.05) is 0 Å². The van der Waals surface area contributed by atoms with E-state index in [0.29, 0.717) is 0 Å². The first-order valence-corrected chi connectivity index (χ1v) is 11.6. The SMILES string of the molecule is CCCCCCCCCC(CCCCCCCC)CC(C)C(C)C. The average molecular weight is 339 g/mol. The zero-order valence-electron chi connectivity index (χ0n) is 18.0. The Kier molecular flexibility index (Phi) is 17.8. The standard InChI is InChI=1S/C24H50/c1-6-8-10-12-14-16-18-20-24(21-23(5)22(3)4)19-17-15-13-11-9-7-2/h22-24H,6-21H2,1-5H3. The lowest BCUT2D eigenvalue weighted by atomic mass is 9.82. The predicted octanol–water partition coefficient (Wildman–Crippen LogP) is 9.18. The van der Waals surface area contributed by atoms with E-state index < -0.39 is 0 Å². The maximum atomic E-state index is 2.48. The summed E-state index contributed by atoms with van der Waals surface area (Å²) in [6.45, 7) is 11.9. The van der Waals surface area contributed by atoms with Crippen LogP contribution < -0.4 is 0 Å². The maximum absolute atomic E-state index is 2.48. The molecule has 24 heavy (non-hydrogen) atoms. The lowest BCUT2D eigenvalue weighted by molar-refractivity contribution is 0.282. The summed E-state index contributed by atoms with van der Waals surface area (Å²) in [7, 11) is 0. The Hall–Kier alpha value is 0. The zero-order valence-corrected chi connectivity index (χ0v) is 18.0. The molecule has 0 aromatic heterocycles. The summed E-state index contributed by atoms with van der Waals surface area (Å²) < 4.78 is 0. The fraction of sp³-hybridized carbons (Fsp3) is 1.00. The summed E-state index contributed by atoms with van der Waals surface area (Å²) in [5.41, 5.74) is 0. The van der Waals surface area contributed by atoms with Gasteiger partial charge in [-0.15, -0.1) is 0 Å². The Labute approximate surface area is 155 Å². The minimum Gasteiger partial charge on any atom is -0.0654 e. The van der Waals surface area contributed by atoms with Crippen molar-refractivity contribution in [3.63, 3.8) is 0 Å². The third-order valence-corrected chi connectivity index (χ3v) is 6.03. The molecule has 0 heteroatoms. The van der Waals surface area contributed by atoms with Crippen LogP contribution in [0.1, 0.15) is 137 Å². The minimum atomic E-state index is 0.853. The van der Waals surface area contributed by atoms with Gasteiger partial charge in [0.15, 0.2) is 0 Å². The fourth-order valence-electron chi connectivity index (χ4n) is 3.78. The van der Waals surface area contributed by atoms with Gasteiger partial charge in [0.2, 0.25) is 0 Å². The van der Waals surface area contributed by atoms with Crippen molar-refractivity contribution in [3.8, 4) is 0 Å². The molecule has 0 N–H and O–H groups in total. The summed E-state index contributed by atoms with van der Waals surface area (Å²) in [5, 5.41) is 0. The largest absolute Gasteiger partial charge is 0.0654 e. The maximum Gasteiger partial charge on any atom is -0.0412 e. The minimum absolute atomic E-state index is 0.853. The van der Waals surface area contributed by atoms with Gasteiger partial charge in [-0.2, -0.15) is 0 Å². The monoisotopic (exact) mass is 338 g/mol. The van der Waals surface area contributed by atoms with Crippen molar-refractivity contribution in [2.75, 3.05) is 0 Å². The van der Waals surface area contributed by atoms with Gasteiger partial charge in [0.05, 0.1) is 0 Å². The van der Waals surface area contributed by atoms with E-state index in [0.717, 1.165) is 17.8 Å². The van der Waals surface area contributed by atoms with Crippen LogP contribution >= 0.6 is 0 Å². The van der Waals surface area contributed by atoms with Gasteiger partial charge >= 0.3 is 0 Å². The number of hydrogen-bond donors (Lipinski definition) is 0. The van der Waals surface area contributed by atoms with Crippen molar-refractivity contribution in [3.05, 3.63) is 0 Å². The predicted molar refractivity (Wildman–Crippen MR) is 113 cm³/mol. The molecule has 0 saturated heterocycles. The molecule has 2 unspecified atom stereocenters.